The van der Waals surface area contributed by atoms with E-state index in [1.807, 2.05) is 74.5 Å². The molecular formula is C20H24O3S2. The Bertz CT molecular complexity index is 599. The molecule has 0 heterocycles. The van der Waals surface area contributed by atoms with Crippen molar-refractivity contribution in [3.05, 3.63) is 60.7 Å². The van der Waals surface area contributed by atoms with E-state index >= 15 is 0 Å². The number of benzene rings is 2. The lowest BCUT2D eigenvalue weighted by Gasteiger charge is -2.30. The maximum atomic E-state index is 13.3. The molecule has 0 aromatic heterocycles. The Morgan fingerprint density at radius 1 is 0.880 bits per heavy atom. The summed E-state index contributed by atoms with van der Waals surface area (Å²) >= 11 is 3.05. The number of rotatable bonds is 10. The van der Waals surface area contributed by atoms with Gasteiger partial charge in [0, 0.05) is 23.0 Å². The van der Waals surface area contributed by atoms with Crippen molar-refractivity contribution in [1.82, 2.24) is 0 Å². The Labute approximate surface area is 158 Å². The quantitative estimate of drug-likeness (QED) is 0.418. The number of carbonyl (C=O) groups excluding carboxylic acids is 1. The molecule has 0 spiro atoms. The molecule has 5 heteroatoms. The summed E-state index contributed by atoms with van der Waals surface area (Å²) in [5.41, 5.74) is 0. The van der Waals surface area contributed by atoms with Gasteiger partial charge in [0.05, 0.1) is 0 Å². The average Bonchev–Trinajstić information content (AvgIpc) is 2.63. The van der Waals surface area contributed by atoms with E-state index in [1.165, 1.54) is 23.5 Å². The van der Waals surface area contributed by atoms with Crippen LogP contribution in [-0.2, 0) is 14.3 Å². The minimum atomic E-state index is -1.24. The van der Waals surface area contributed by atoms with Gasteiger partial charge in [-0.1, -0.05) is 36.4 Å². The highest BCUT2D eigenvalue weighted by Gasteiger charge is 2.40. The van der Waals surface area contributed by atoms with E-state index in [1.54, 1.807) is 6.92 Å². The third kappa shape index (κ3) is 5.89. The van der Waals surface area contributed by atoms with Gasteiger partial charge in [0.1, 0.15) is 4.58 Å². The Balaban J connectivity index is 2.27. The number of hydrogen-bond acceptors (Lipinski definition) is 5. The first-order chi connectivity index (χ1) is 12.1. The average molecular weight is 377 g/mol. The molecule has 134 valence electrons. The zero-order valence-corrected chi connectivity index (χ0v) is 16.4. The molecular weight excluding hydrogens is 352 g/mol. The van der Waals surface area contributed by atoms with Crippen LogP contribution in [0.1, 0.15) is 20.8 Å². The SMILES string of the molecule is CCOC(C)(OCC)C(=O)C(Sc1ccccc1)Sc1ccccc1. The molecule has 0 radical (unpaired) electrons. The van der Waals surface area contributed by atoms with Gasteiger partial charge in [0.2, 0.25) is 11.6 Å². The van der Waals surface area contributed by atoms with Gasteiger partial charge in [-0.2, -0.15) is 0 Å². The molecule has 0 bridgehead atoms. The summed E-state index contributed by atoms with van der Waals surface area (Å²) in [5, 5.41) is 0. The van der Waals surface area contributed by atoms with E-state index in [4.69, 9.17) is 9.47 Å². The minimum absolute atomic E-state index is 0.0705. The molecule has 3 nitrogen and oxygen atoms in total. The van der Waals surface area contributed by atoms with Gasteiger partial charge in [-0.15, -0.1) is 23.5 Å². The third-order valence-corrected chi connectivity index (χ3v) is 6.00. The molecule has 2 aromatic carbocycles. The van der Waals surface area contributed by atoms with Crippen LogP contribution in [0.5, 0.6) is 0 Å². The second kappa shape index (κ2) is 10.0. The fraction of sp³-hybridized carbons (Fsp3) is 0.350. The number of ether oxygens (including phenoxy) is 2. The van der Waals surface area contributed by atoms with Gasteiger partial charge in [0.25, 0.3) is 0 Å². The van der Waals surface area contributed by atoms with Gasteiger partial charge in [-0.25, -0.2) is 0 Å². The van der Waals surface area contributed by atoms with Crippen molar-refractivity contribution < 1.29 is 14.3 Å². The van der Waals surface area contributed by atoms with Gasteiger partial charge < -0.3 is 9.47 Å². The molecule has 0 aliphatic heterocycles. The van der Waals surface area contributed by atoms with E-state index in [2.05, 4.69) is 0 Å². The fourth-order valence-electron chi connectivity index (χ4n) is 2.33. The summed E-state index contributed by atoms with van der Waals surface area (Å²) in [4.78, 5) is 15.3. The summed E-state index contributed by atoms with van der Waals surface area (Å²) in [7, 11) is 0. The smallest absolute Gasteiger partial charge is 0.228 e. The maximum absolute atomic E-state index is 13.3. The molecule has 2 rings (SSSR count). The second-order valence-electron chi connectivity index (χ2n) is 5.37. The van der Waals surface area contributed by atoms with Gasteiger partial charge in [0.15, 0.2) is 0 Å². The van der Waals surface area contributed by atoms with Crippen LogP contribution in [0.15, 0.2) is 70.5 Å². The lowest BCUT2D eigenvalue weighted by molar-refractivity contribution is -0.215. The minimum Gasteiger partial charge on any atom is -0.344 e. The summed E-state index contributed by atoms with van der Waals surface area (Å²) in [6.07, 6.45) is 0. The second-order valence-corrected chi connectivity index (χ2v) is 8.03. The van der Waals surface area contributed by atoms with Gasteiger partial charge in [-0.3, -0.25) is 4.79 Å². The highest BCUT2D eigenvalue weighted by atomic mass is 32.2. The number of thioether (sulfide) groups is 2. The summed E-state index contributed by atoms with van der Waals surface area (Å²) in [6.45, 7) is 6.29. The summed E-state index contributed by atoms with van der Waals surface area (Å²) < 4.78 is 11.0. The molecule has 0 atom stereocenters. The number of carbonyl (C=O) groups is 1. The first-order valence-electron chi connectivity index (χ1n) is 8.34. The van der Waals surface area contributed by atoms with Crippen molar-refractivity contribution in [2.24, 2.45) is 0 Å². The van der Waals surface area contributed by atoms with Crippen molar-refractivity contribution in [2.75, 3.05) is 13.2 Å². The van der Waals surface area contributed by atoms with Crippen LogP contribution in [-0.4, -0.2) is 29.4 Å². The normalized spacial score (nSPS) is 11.7. The highest BCUT2D eigenvalue weighted by molar-refractivity contribution is 8.18. The predicted octanol–water partition coefficient (Wildman–Crippen LogP) is 5.26. The van der Waals surface area contributed by atoms with Crippen LogP contribution in [0.2, 0.25) is 0 Å². The number of ketones is 1. The van der Waals surface area contributed by atoms with E-state index in [9.17, 15) is 4.79 Å². The predicted molar refractivity (Wildman–Crippen MR) is 105 cm³/mol. The van der Waals surface area contributed by atoms with E-state index < -0.39 is 5.79 Å². The highest BCUT2D eigenvalue weighted by Crippen LogP contribution is 2.39. The molecule has 0 unspecified atom stereocenters. The van der Waals surface area contributed by atoms with Crippen molar-refractivity contribution in [1.29, 1.82) is 0 Å². The Morgan fingerprint density at radius 2 is 1.28 bits per heavy atom. The van der Waals surface area contributed by atoms with Crippen molar-refractivity contribution in [3.8, 4) is 0 Å². The number of hydrogen-bond donors (Lipinski definition) is 0. The number of Topliss-reactive ketones (excluding diaryl/α,β-unsaturated/α-hetero) is 1. The molecule has 25 heavy (non-hydrogen) atoms. The largest absolute Gasteiger partial charge is 0.344 e. The monoisotopic (exact) mass is 376 g/mol. The van der Waals surface area contributed by atoms with Crippen LogP contribution >= 0.6 is 23.5 Å². The standard InChI is InChI=1S/C20H24O3S2/c1-4-22-20(3,23-5-2)18(21)19(24-16-12-8-6-9-13-16)25-17-14-10-7-11-15-17/h6-15,19H,4-5H2,1-3H3. The molecule has 0 fully saturated rings. The first kappa shape index (κ1) is 20.0. The fourth-order valence-corrected chi connectivity index (χ4v) is 4.95. The van der Waals surface area contributed by atoms with E-state index in [0.29, 0.717) is 13.2 Å². The summed E-state index contributed by atoms with van der Waals surface area (Å²) in [6, 6.07) is 19.9. The maximum Gasteiger partial charge on any atom is 0.228 e. The van der Waals surface area contributed by atoms with E-state index in [0.717, 1.165) is 9.79 Å². The van der Waals surface area contributed by atoms with Crippen LogP contribution in [0, 0.1) is 0 Å². The zero-order valence-electron chi connectivity index (χ0n) is 14.8. The van der Waals surface area contributed by atoms with Crippen molar-refractivity contribution in [2.45, 2.75) is 40.9 Å². The Kier molecular flexibility index (Phi) is 8.03. The van der Waals surface area contributed by atoms with Crippen LogP contribution < -0.4 is 0 Å². The van der Waals surface area contributed by atoms with Crippen LogP contribution in [0.4, 0.5) is 0 Å². The zero-order chi connectivity index (χ0) is 18.1. The molecule has 0 saturated heterocycles. The van der Waals surface area contributed by atoms with Gasteiger partial charge in [-0.05, 0) is 45.0 Å². The topological polar surface area (TPSA) is 35.5 Å². The third-order valence-electron chi connectivity index (χ3n) is 3.47. The van der Waals surface area contributed by atoms with E-state index in [-0.39, 0.29) is 10.4 Å². The van der Waals surface area contributed by atoms with Crippen LogP contribution in [0.25, 0.3) is 0 Å². The first-order valence-corrected chi connectivity index (χ1v) is 10.1. The Morgan fingerprint density at radius 3 is 1.64 bits per heavy atom. The Hall–Kier alpha value is -1.27. The lowest BCUT2D eigenvalue weighted by atomic mass is 10.2. The molecule has 0 aliphatic rings. The molecule has 0 N–H and O–H groups in total. The molecule has 0 amide bonds. The lowest BCUT2D eigenvalue weighted by Crippen LogP contribution is -2.45. The summed E-state index contributed by atoms with van der Waals surface area (Å²) in [5.74, 6) is -1.31. The van der Waals surface area contributed by atoms with Crippen molar-refractivity contribution in [3.63, 3.8) is 0 Å². The van der Waals surface area contributed by atoms with Crippen LogP contribution in [0.3, 0.4) is 0 Å². The molecule has 0 saturated carbocycles. The molecule has 0 aliphatic carbocycles. The molecule has 2 aromatic rings. The van der Waals surface area contributed by atoms with Crippen molar-refractivity contribution >= 4 is 29.3 Å². The van der Waals surface area contributed by atoms with Gasteiger partial charge >= 0.3 is 0 Å².